The van der Waals surface area contributed by atoms with Gasteiger partial charge in [0.25, 0.3) is 0 Å². The van der Waals surface area contributed by atoms with Crippen LogP contribution in [0.3, 0.4) is 0 Å². The van der Waals surface area contributed by atoms with Crippen LogP contribution in [0, 0.1) is 11.8 Å². The van der Waals surface area contributed by atoms with Crippen molar-refractivity contribution in [1.29, 1.82) is 0 Å². The van der Waals surface area contributed by atoms with Gasteiger partial charge in [0.2, 0.25) is 0 Å². The maximum atomic E-state index is 13.4. The van der Waals surface area contributed by atoms with E-state index in [1.54, 1.807) is 27.7 Å². The average molecular weight is 500 g/mol. The van der Waals surface area contributed by atoms with E-state index in [0.717, 1.165) is 0 Å². The van der Waals surface area contributed by atoms with Gasteiger partial charge in [0, 0.05) is 13.2 Å². The molecule has 5 nitrogen and oxygen atoms in total. The van der Waals surface area contributed by atoms with Gasteiger partial charge in [-0.1, -0.05) is 40.5 Å². The molecule has 0 saturated heterocycles. The molecule has 2 unspecified atom stereocenters. The van der Waals surface area contributed by atoms with Crippen LogP contribution in [-0.2, 0) is 23.7 Å². The van der Waals surface area contributed by atoms with E-state index in [0.29, 0.717) is 12.8 Å². The average Bonchev–Trinajstić information content (AvgIpc) is 2.57. The summed E-state index contributed by atoms with van der Waals surface area (Å²) in [6.07, 6.45) is -28.0. The van der Waals surface area contributed by atoms with Crippen LogP contribution in [0.5, 0.6) is 0 Å². The van der Waals surface area contributed by atoms with Gasteiger partial charge in [-0.2, -0.15) is 35.1 Å². The standard InChI is InChI=1S/C17H26F10O5/c1-5-11(3)7-28-9-13(18,19)30-15(22,23)16(24,25)32-17(26,27)31-14(20,21)10-29-8-12(4)6-2/h11-12H,5-10H2,1-4H3. The Balaban J connectivity index is 5.01. The van der Waals surface area contributed by atoms with Gasteiger partial charge in [-0.3, -0.25) is 0 Å². The monoisotopic (exact) mass is 500 g/mol. The van der Waals surface area contributed by atoms with Gasteiger partial charge in [-0.05, 0) is 11.8 Å². The molecule has 0 spiro atoms. The molecule has 2 atom stereocenters. The highest BCUT2D eigenvalue weighted by molar-refractivity contribution is 4.71. The lowest BCUT2D eigenvalue weighted by molar-refractivity contribution is -0.566. The van der Waals surface area contributed by atoms with Gasteiger partial charge in [0.05, 0.1) is 0 Å². The molecule has 0 aromatic rings. The molecule has 0 aromatic heterocycles. The quantitative estimate of drug-likeness (QED) is 0.179. The van der Waals surface area contributed by atoms with Crippen LogP contribution >= 0.6 is 0 Å². The Morgan fingerprint density at radius 2 is 0.906 bits per heavy atom. The van der Waals surface area contributed by atoms with E-state index < -0.39 is 43.9 Å². The van der Waals surface area contributed by atoms with Crippen LogP contribution in [0.25, 0.3) is 0 Å². The van der Waals surface area contributed by atoms with Crippen molar-refractivity contribution in [3.63, 3.8) is 0 Å². The Labute approximate surface area is 178 Å². The van der Waals surface area contributed by atoms with E-state index in [1.165, 1.54) is 0 Å². The minimum Gasteiger partial charge on any atom is -0.372 e. The Morgan fingerprint density at radius 1 is 0.562 bits per heavy atom. The van der Waals surface area contributed by atoms with E-state index in [1.807, 2.05) is 0 Å². The highest BCUT2D eigenvalue weighted by atomic mass is 19.3. The zero-order valence-electron chi connectivity index (χ0n) is 17.7. The van der Waals surface area contributed by atoms with Crippen LogP contribution in [0.2, 0.25) is 0 Å². The first-order valence-electron chi connectivity index (χ1n) is 9.43. The maximum Gasteiger partial charge on any atom is 0.495 e. The highest BCUT2D eigenvalue weighted by Crippen LogP contribution is 2.44. The molecule has 0 rings (SSSR count). The van der Waals surface area contributed by atoms with Gasteiger partial charge in [-0.25, -0.2) is 14.2 Å². The molecule has 0 bridgehead atoms. The molecule has 0 aliphatic heterocycles. The fourth-order valence-corrected chi connectivity index (χ4v) is 1.70. The molecule has 0 fully saturated rings. The number of hydrogen-bond donors (Lipinski definition) is 0. The van der Waals surface area contributed by atoms with Crippen molar-refractivity contribution in [1.82, 2.24) is 0 Å². The van der Waals surface area contributed by atoms with Gasteiger partial charge >= 0.3 is 30.7 Å². The third-order valence-corrected chi connectivity index (χ3v) is 3.87. The molecule has 0 amide bonds. The number of ether oxygens (including phenoxy) is 5. The fraction of sp³-hybridized carbons (Fsp3) is 1.00. The van der Waals surface area contributed by atoms with Crippen LogP contribution in [0.15, 0.2) is 0 Å². The number of halogens is 10. The fourth-order valence-electron chi connectivity index (χ4n) is 1.70. The predicted molar refractivity (Wildman–Crippen MR) is 88.5 cm³/mol. The molecule has 32 heavy (non-hydrogen) atoms. The van der Waals surface area contributed by atoms with Crippen LogP contribution in [0.4, 0.5) is 43.9 Å². The molecule has 0 heterocycles. The predicted octanol–water partition coefficient (Wildman–Crippen LogP) is 6.08. The van der Waals surface area contributed by atoms with E-state index in [-0.39, 0.29) is 25.0 Å². The van der Waals surface area contributed by atoms with Crippen molar-refractivity contribution in [3.8, 4) is 0 Å². The first kappa shape index (κ1) is 31.1. The molecule has 194 valence electrons. The van der Waals surface area contributed by atoms with Gasteiger partial charge in [0.15, 0.2) is 0 Å². The molecular formula is C17H26F10O5. The van der Waals surface area contributed by atoms with E-state index in [4.69, 9.17) is 0 Å². The van der Waals surface area contributed by atoms with Crippen LogP contribution in [0.1, 0.15) is 40.5 Å². The molecular weight excluding hydrogens is 474 g/mol. The van der Waals surface area contributed by atoms with Crippen molar-refractivity contribution in [2.45, 2.75) is 71.3 Å². The second kappa shape index (κ2) is 12.0. The number of rotatable bonds is 17. The van der Waals surface area contributed by atoms with E-state index in [2.05, 4.69) is 23.7 Å². The molecule has 0 aliphatic rings. The van der Waals surface area contributed by atoms with Crippen molar-refractivity contribution >= 4 is 0 Å². The summed E-state index contributed by atoms with van der Waals surface area (Å²) in [5.74, 6) is -0.554. The second-order valence-corrected chi connectivity index (χ2v) is 7.13. The Morgan fingerprint density at radius 3 is 1.28 bits per heavy atom. The third-order valence-electron chi connectivity index (χ3n) is 3.87. The lowest BCUT2D eigenvalue weighted by Crippen LogP contribution is -2.54. The maximum absolute atomic E-state index is 13.4. The lowest BCUT2D eigenvalue weighted by Gasteiger charge is -2.31. The molecule has 0 aliphatic carbocycles. The smallest absolute Gasteiger partial charge is 0.372 e. The molecule has 0 aromatic carbocycles. The van der Waals surface area contributed by atoms with Gasteiger partial charge in [0.1, 0.15) is 13.2 Å². The zero-order valence-corrected chi connectivity index (χ0v) is 17.7. The van der Waals surface area contributed by atoms with Crippen molar-refractivity contribution in [3.05, 3.63) is 0 Å². The third kappa shape index (κ3) is 11.8. The summed E-state index contributed by atoms with van der Waals surface area (Å²) in [5, 5.41) is 0. The highest BCUT2D eigenvalue weighted by Gasteiger charge is 2.68. The number of alkyl halides is 10. The van der Waals surface area contributed by atoms with Gasteiger partial charge < -0.3 is 9.47 Å². The summed E-state index contributed by atoms with van der Waals surface area (Å²) in [6.45, 7) is 1.95. The van der Waals surface area contributed by atoms with Crippen molar-refractivity contribution < 1.29 is 67.6 Å². The second-order valence-electron chi connectivity index (χ2n) is 7.13. The first-order valence-corrected chi connectivity index (χ1v) is 9.43. The summed E-state index contributed by atoms with van der Waals surface area (Å²) >= 11 is 0. The van der Waals surface area contributed by atoms with Gasteiger partial charge in [-0.15, -0.1) is 8.78 Å². The van der Waals surface area contributed by atoms with Crippen molar-refractivity contribution in [2.24, 2.45) is 11.8 Å². The minimum atomic E-state index is -6.51. The lowest BCUT2D eigenvalue weighted by atomic mass is 10.1. The summed E-state index contributed by atoms with van der Waals surface area (Å²) < 4.78 is 150. The Bertz CT molecular complexity index is 548. The number of hydrogen-bond acceptors (Lipinski definition) is 5. The topological polar surface area (TPSA) is 46.2 Å². The van der Waals surface area contributed by atoms with Crippen molar-refractivity contribution in [2.75, 3.05) is 26.4 Å². The van der Waals surface area contributed by atoms with E-state index >= 15 is 0 Å². The van der Waals surface area contributed by atoms with Crippen LogP contribution in [-0.4, -0.2) is 57.2 Å². The molecule has 0 radical (unpaired) electrons. The zero-order chi connectivity index (χ0) is 25.4. The molecule has 15 heteroatoms. The summed E-state index contributed by atoms with van der Waals surface area (Å²) in [6, 6.07) is 0. The Kier molecular flexibility index (Phi) is 11.7. The van der Waals surface area contributed by atoms with Crippen LogP contribution < -0.4 is 0 Å². The first-order chi connectivity index (χ1) is 14.3. The summed E-state index contributed by atoms with van der Waals surface area (Å²) in [4.78, 5) is 0. The molecule has 0 saturated carbocycles. The normalized spacial score (nSPS) is 16.3. The van der Waals surface area contributed by atoms with E-state index in [9.17, 15) is 43.9 Å². The Hall–Kier alpha value is -0.900. The largest absolute Gasteiger partial charge is 0.495 e. The molecule has 0 N–H and O–H groups in total. The summed E-state index contributed by atoms with van der Waals surface area (Å²) in [7, 11) is 0. The summed E-state index contributed by atoms with van der Waals surface area (Å²) in [5.41, 5.74) is 0. The minimum absolute atomic E-state index is 0.265. The SMILES string of the molecule is CCC(C)COCC(F)(F)OC(F)(F)OC(F)(F)C(F)(F)OC(F)(F)COCC(C)CC.